The number of carbonyl (C=O) groups excluding carboxylic acids is 1. The molecule has 0 saturated carbocycles. The number of anilines is 1. The standard InChI is InChI=1S/C24H31N3O5S/c1-18-3-8-22(33(29,30)27-13-15-32-16-14-27)17-23(18)24(28)25-19-9-11-26(12-10-19)20-4-6-21(31-2)7-5-20/h3-8,17,19H,9-16H2,1-2H3,(H,25,28). The van der Waals surface area contributed by atoms with Crippen LogP contribution in [0, 0.1) is 6.92 Å². The topological polar surface area (TPSA) is 88.2 Å². The first-order valence-corrected chi connectivity index (χ1v) is 12.7. The summed E-state index contributed by atoms with van der Waals surface area (Å²) in [6, 6.07) is 12.8. The fourth-order valence-electron chi connectivity index (χ4n) is 4.28. The number of benzene rings is 2. The molecule has 0 unspecified atom stereocenters. The Balaban J connectivity index is 1.40. The number of rotatable bonds is 6. The molecule has 1 amide bonds. The molecule has 1 N–H and O–H groups in total. The molecule has 2 heterocycles. The number of ether oxygens (including phenoxy) is 2. The summed E-state index contributed by atoms with van der Waals surface area (Å²) in [7, 11) is -2.00. The van der Waals surface area contributed by atoms with Crippen molar-refractivity contribution in [2.24, 2.45) is 0 Å². The summed E-state index contributed by atoms with van der Waals surface area (Å²) in [6.07, 6.45) is 1.64. The number of morpholine rings is 1. The number of carbonyl (C=O) groups is 1. The average molecular weight is 474 g/mol. The first kappa shape index (κ1) is 23.5. The molecule has 0 aromatic heterocycles. The number of piperidine rings is 1. The highest BCUT2D eigenvalue weighted by atomic mass is 32.2. The minimum absolute atomic E-state index is 0.0471. The van der Waals surface area contributed by atoms with Crippen LogP contribution in [-0.2, 0) is 14.8 Å². The van der Waals surface area contributed by atoms with Gasteiger partial charge in [-0.1, -0.05) is 6.07 Å². The van der Waals surface area contributed by atoms with E-state index in [1.165, 1.54) is 10.4 Å². The van der Waals surface area contributed by atoms with Crippen LogP contribution in [0.4, 0.5) is 5.69 Å². The van der Waals surface area contributed by atoms with Crippen molar-refractivity contribution >= 4 is 21.6 Å². The van der Waals surface area contributed by atoms with E-state index in [0.29, 0.717) is 31.9 Å². The third-order valence-electron chi connectivity index (χ3n) is 6.33. The summed E-state index contributed by atoms with van der Waals surface area (Å²) in [5.74, 6) is 0.601. The second-order valence-corrected chi connectivity index (χ2v) is 10.4. The molecule has 0 aliphatic carbocycles. The van der Waals surface area contributed by atoms with Crippen molar-refractivity contribution < 1.29 is 22.7 Å². The van der Waals surface area contributed by atoms with Gasteiger partial charge >= 0.3 is 0 Å². The molecule has 0 spiro atoms. The van der Waals surface area contributed by atoms with Crippen LogP contribution >= 0.6 is 0 Å². The minimum atomic E-state index is -3.65. The number of nitrogens with zero attached hydrogens (tertiary/aromatic N) is 2. The summed E-state index contributed by atoms with van der Waals surface area (Å²) in [4.78, 5) is 15.5. The van der Waals surface area contributed by atoms with Crippen LogP contribution in [0.25, 0.3) is 0 Å². The molecule has 4 rings (SSSR count). The lowest BCUT2D eigenvalue weighted by molar-refractivity contribution is 0.0730. The summed E-state index contributed by atoms with van der Waals surface area (Å²) in [6.45, 7) is 4.91. The van der Waals surface area contributed by atoms with E-state index in [9.17, 15) is 13.2 Å². The van der Waals surface area contributed by atoms with Gasteiger partial charge in [-0.2, -0.15) is 4.31 Å². The number of methoxy groups -OCH3 is 1. The fraction of sp³-hybridized carbons (Fsp3) is 0.458. The molecule has 2 saturated heterocycles. The summed E-state index contributed by atoms with van der Waals surface area (Å²) in [5, 5.41) is 3.11. The molecule has 2 aromatic rings. The van der Waals surface area contributed by atoms with E-state index in [-0.39, 0.29) is 16.8 Å². The van der Waals surface area contributed by atoms with Crippen molar-refractivity contribution in [2.75, 3.05) is 51.4 Å². The van der Waals surface area contributed by atoms with Crippen LogP contribution in [0.1, 0.15) is 28.8 Å². The molecular weight excluding hydrogens is 442 g/mol. The Kier molecular flexibility index (Phi) is 7.21. The van der Waals surface area contributed by atoms with E-state index >= 15 is 0 Å². The number of hydrogen-bond donors (Lipinski definition) is 1. The van der Waals surface area contributed by atoms with Crippen molar-refractivity contribution in [3.05, 3.63) is 53.6 Å². The zero-order valence-corrected chi connectivity index (χ0v) is 19.9. The largest absolute Gasteiger partial charge is 0.497 e. The van der Waals surface area contributed by atoms with Gasteiger partial charge < -0.3 is 19.7 Å². The molecular formula is C24H31N3O5S. The van der Waals surface area contributed by atoms with Gasteiger partial charge in [-0.25, -0.2) is 8.42 Å². The lowest BCUT2D eigenvalue weighted by Gasteiger charge is -2.34. The third-order valence-corrected chi connectivity index (χ3v) is 8.22. The van der Waals surface area contributed by atoms with Gasteiger partial charge in [-0.05, 0) is 61.7 Å². The van der Waals surface area contributed by atoms with Crippen LogP contribution in [0.15, 0.2) is 47.4 Å². The van der Waals surface area contributed by atoms with E-state index in [2.05, 4.69) is 10.2 Å². The second kappa shape index (κ2) is 10.1. The van der Waals surface area contributed by atoms with E-state index in [0.717, 1.165) is 42.9 Å². The molecule has 2 aliphatic rings. The van der Waals surface area contributed by atoms with Crippen molar-refractivity contribution in [1.29, 1.82) is 0 Å². The van der Waals surface area contributed by atoms with Crippen LogP contribution < -0.4 is 15.0 Å². The molecule has 178 valence electrons. The van der Waals surface area contributed by atoms with Gasteiger partial charge in [0.05, 0.1) is 25.2 Å². The van der Waals surface area contributed by atoms with Gasteiger partial charge in [-0.15, -0.1) is 0 Å². The van der Waals surface area contributed by atoms with Crippen LogP contribution in [0.2, 0.25) is 0 Å². The quantitative estimate of drug-likeness (QED) is 0.693. The lowest BCUT2D eigenvalue weighted by Crippen LogP contribution is -2.45. The maximum absolute atomic E-state index is 13.0. The number of sulfonamides is 1. The Morgan fingerprint density at radius 3 is 2.33 bits per heavy atom. The van der Waals surface area contributed by atoms with Crippen LogP contribution in [0.5, 0.6) is 5.75 Å². The van der Waals surface area contributed by atoms with Gasteiger partial charge in [0.15, 0.2) is 0 Å². The zero-order valence-electron chi connectivity index (χ0n) is 19.1. The number of nitrogens with one attached hydrogen (secondary N) is 1. The number of amides is 1. The van der Waals surface area contributed by atoms with Gasteiger partial charge in [0.25, 0.3) is 5.91 Å². The minimum Gasteiger partial charge on any atom is -0.497 e. The van der Waals surface area contributed by atoms with Gasteiger partial charge in [0.2, 0.25) is 10.0 Å². The first-order valence-electron chi connectivity index (χ1n) is 11.3. The first-order chi connectivity index (χ1) is 15.9. The SMILES string of the molecule is COc1ccc(N2CCC(NC(=O)c3cc(S(=O)(=O)N4CCOCC4)ccc3C)CC2)cc1. The van der Waals surface area contributed by atoms with E-state index < -0.39 is 10.0 Å². The van der Waals surface area contributed by atoms with Gasteiger partial charge in [0, 0.05) is 43.5 Å². The monoisotopic (exact) mass is 473 g/mol. The fourth-order valence-corrected chi connectivity index (χ4v) is 5.72. The Morgan fingerprint density at radius 1 is 1.03 bits per heavy atom. The van der Waals surface area contributed by atoms with Crippen molar-refractivity contribution in [3.8, 4) is 5.75 Å². The van der Waals surface area contributed by atoms with Crippen molar-refractivity contribution in [2.45, 2.75) is 30.7 Å². The molecule has 2 aliphatic heterocycles. The third kappa shape index (κ3) is 5.31. The normalized spacial score (nSPS) is 18.2. The molecule has 0 radical (unpaired) electrons. The highest BCUT2D eigenvalue weighted by Gasteiger charge is 2.28. The summed E-state index contributed by atoms with van der Waals surface area (Å²) < 4.78 is 37.9. The van der Waals surface area contributed by atoms with Crippen molar-refractivity contribution in [3.63, 3.8) is 0 Å². The maximum Gasteiger partial charge on any atom is 0.251 e. The maximum atomic E-state index is 13.0. The van der Waals surface area contributed by atoms with E-state index in [1.807, 2.05) is 31.2 Å². The lowest BCUT2D eigenvalue weighted by atomic mass is 10.0. The Bertz CT molecular complexity index is 1070. The Hall–Kier alpha value is -2.62. The molecule has 0 bridgehead atoms. The zero-order chi connectivity index (χ0) is 23.4. The molecule has 33 heavy (non-hydrogen) atoms. The molecule has 8 nitrogen and oxygen atoms in total. The second-order valence-electron chi connectivity index (χ2n) is 8.43. The van der Waals surface area contributed by atoms with Crippen LogP contribution in [-0.4, -0.2) is 71.2 Å². The average Bonchev–Trinajstić information content (AvgIpc) is 2.85. The summed E-state index contributed by atoms with van der Waals surface area (Å²) >= 11 is 0. The number of aryl methyl sites for hydroxylation is 1. The molecule has 0 atom stereocenters. The van der Waals surface area contributed by atoms with Crippen molar-refractivity contribution in [1.82, 2.24) is 9.62 Å². The Morgan fingerprint density at radius 2 is 1.70 bits per heavy atom. The van der Waals surface area contributed by atoms with Gasteiger partial charge in [-0.3, -0.25) is 4.79 Å². The predicted molar refractivity (Wildman–Crippen MR) is 126 cm³/mol. The Labute approximate surface area is 195 Å². The predicted octanol–water partition coefficient (Wildman–Crippen LogP) is 2.42. The number of hydrogen-bond acceptors (Lipinski definition) is 6. The van der Waals surface area contributed by atoms with E-state index in [4.69, 9.17) is 9.47 Å². The molecule has 9 heteroatoms. The van der Waals surface area contributed by atoms with Gasteiger partial charge in [0.1, 0.15) is 5.75 Å². The smallest absolute Gasteiger partial charge is 0.251 e. The highest BCUT2D eigenvalue weighted by Crippen LogP contribution is 2.24. The summed E-state index contributed by atoms with van der Waals surface area (Å²) in [5.41, 5.74) is 2.29. The molecule has 2 fully saturated rings. The highest BCUT2D eigenvalue weighted by molar-refractivity contribution is 7.89. The van der Waals surface area contributed by atoms with Crippen LogP contribution in [0.3, 0.4) is 0 Å². The molecule has 2 aromatic carbocycles. The van der Waals surface area contributed by atoms with E-state index in [1.54, 1.807) is 19.2 Å².